The zero-order valence-electron chi connectivity index (χ0n) is 10.8. The second-order valence-electron chi connectivity index (χ2n) is 4.03. The number of nitriles is 1. The first kappa shape index (κ1) is 13.4. The molecule has 0 radical (unpaired) electrons. The van der Waals surface area contributed by atoms with Gasteiger partial charge < -0.3 is 15.2 Å². The number of carbonyl (C=O) groups excluding carboxylic acids is 1. The molecule has 2 N–H and O–H groups in total. The van der Waals surface area contributed by atoms with Crippen molar-refractivity contribution in [1.82, 2.24) is 0 Å². The van der Waals surface area contributed by atoms with Gasteiger partial charge in [0.1, 0.15) is 29.6 Å². The molecule has 5 heteroatoms. The molecule has 0 atom stereocenters. The van der Waals surface area contributed by atoms with Crippen molar-refractivity contribution in [3.63, 3.8) is 0 Å². The predicted octanol–water partition coefficient (Wildman–Crippen LogP) is 2.75. The second-order valence-corrected chi connectivity index (χ2v) is 4.03. The van der Waals surface area contributed by atoms with Gasteiger partial charge in [0, 0.05) is 17.3 Å². The third kappa shape index (κ3) is 2.87. The zero-order chi connectivity index (χ0) is 14.5. The van der Waals surface area contributed by atoms with E-state index in [-0.39, 0.29) is 0 Å². The number of rotatable bonds is 4. The Labute approximate surface area is 116 Å². The molecule has 5 nitrogen and oxygen atoms in total. The Balaban J connectivity index is 2.39. The Morgan fingerprint density at radius 1 is 1.20 bits per heavy atom. The minimum atomic E-state index is 0.320. The Hall–Kier alpha value is -3.00. The minimum Gasteiger partial charge on any atom is -0.497 e. The van der Waals surface area contributed by atoms with Crippen LogP contribution < -0.4 is 15.2 Å². The summed E-state index contributed by atoms with van der Waals surface area (Å²) in [5, 5.41) is 9.06. The standard InChI is InChI=1S/C15H12N2O3/c1-19-13-4-10(9-18)5-14(7-13)20-15-3-2-12(17)6-11(15)8-16/h2-7,9H,17H2,1H3. The number of hydrogen-bond acceptors (Lipinski definition) is 5. The molecule has 0 saturated carbocycles. The van der Waals surface area contributed by atoms with Crippen LogP contribution in [0, 0.1) is 11.3 Å². The van der Waals surface area contributed by atoms with Crippen molar-refractivity contribution in [1.29, 1.82) is 5.26 Å². The van der Waals surface area contributed by atoms with Crippen molar-refractivity contribution in [2.45, 2.75) is 0 Å². The molecule has 2 rings (SSSR count). The number of hydrogen-bond donors (Lipinski definition) is 1. The Morgan fingerprint density at radius 3 is 2.60 bits per heavy atom. The number of nitrogen functional groups attached to an aromatic ring is 1. The molecular formula is C15H12N2O3. The summed E-state index contributed by atoms with van der Waals surface area (Å²) in [7, 11) is 1.50. The molecule has 0 aliphatic rings. The van der Waals surface area contributed by atoms with Crippen LogP contribution in [0.25, 0.3) is 0 Å². The summed E-state index contributed by atoms with van der Waals surface area (Å²) >= 11 is 0. The van der Waals surface area contributed by atoms with Crippen LogP contribution in [0.15, 0.2) is 36.4 Å². The number of nitrogens with two attached hydrogens (primary N) is 1. The summed E-state index contributed by atoms with van der Waals surface area (Å²) in [5.41, 5.74) is 6.84. The van der Waals surface area contributed by atoms with E-state index in [1.54, 1.807) is 30.3 Å². The first-order chi connectivity index (χ1) is 9.66. The van der Waals surface area contributed by atoms with Crippen LogP contribution in [-0.2, 0) is 0 Å². The van der Waals surface area contributed by atoms with Crippen molar-refractivity contribution >= 4 is 12.0 Å². The number of aldehydes is 1. The van der Waals surface area contributed by atoms with Crippen LogP contribution in [0.1, 0.15) is 15.9 Å². The van der Waals surface area contributed by atoms with E-state index >= 15 is 0 Å². The molecule has 0 aliphatic carbocycles. The van der Waals surface area contributed by atoms with Gasteiger partial charge in [-0.1, -0.05) is 0 Å². The number of nitrogens with zero attached hydrogens (tertiary/aromatic N) is 1. The van der Waals surface area contributed by atoms with E-state index in [4.69, 9.17) is 20.5 Å². The molecule has 100 valence electrons. The molecule has 2 aromatic rings. The van der Waals surface area contributed by atoms with Gasteiger partial charge in [-0.05, 0) is 30.3 Å². The Morgan fingerprint density at radius 2 is 1.95 bits per heavy atom. The van der Waals surface area contributed by atoms with Gasteiger partial charge in [0.25, 0.3) is 0 Å². The van der Waals surface area contributed by atoms with Crippen LogP contribution in [0.3, 0.4) is 0 Å². The van der Waals surface area contributed by atoms with E-state index in [9.17, 15) is 4.79 Å². The Bertz CT molecular complexity index is 690. The lowest BCUT2D eigenvalue weighted by Crippen LogP contribution is -1.93. The Kier molecular flexibility index (Phi) is 3.87. The fraction of sp³-hybridized carbons (Fsp3) is 0.0667. The summed E-state index contributed by atoms with van der Waals surface area (Å²) in [4.78, 5) is 10.9. The first-order valence-electron chi connectivity index (χ1n) is 5.78. The van der Waals surface area contributed by atoms with E-state index in [1.165, 1.54) is 13.2 Å². The molecule has 0 unspecified atom stereocenters. The van der Waals surface area contributed by atoms with Crippen LogP contribution in [-0.4, -0.2) is 13.4 Å². The van der Waals surface area contributed by atoms with Gasteiger partial charge in [-0.3, -0.25) is 4.79 Å². The fourth-order valence-corrected chi connectivity index (χ4v) is 1.69. The fourth-order valence-electron chi connectivity index (χ4n) is 1.69. The van der Waals surface area contributed by atoms with Gasteiger partial charge in [0.05, 0.1) is 12.7 Å². The highest BCUT2D eigenvalue weighted by molar-refractivity contribution is 5.76. The van der Waals surface area contributed by atoms with Crippen LogP contribution in [0.5, 0.6) is 17.2 Å². The highest BCUT2D eigenvalue weighted by Gasteiger charge is 2.07. The third-order valence-electron chi connectivity index (χ3n) is 2.63. The molecule has 2 aromatic carbocycles. The monoisotopic (exact) mass is 268 g/mol. The normalized spacial score (nSPS) is 9.60. The summed E-state index contributed by atoms with van der Waals surface area (Å²) in [6, 6.07) is 11.6. The smallest absolute Gasteiger partial charge is 0.150 e. The average molecular weight is 268 g/mol. The molecule has 0 saturated heterocycles. The van der Waals surface area contributed by atoms with Crippen molar-refractivity contribution < 1.29 is 14.3 Å². The van der Waals surface area contributed by atoms with Crippen molar-refractivity contribution in [2.75, 3.05) is 12.8 Å². The summed E-state index contributed by atoms with van der Waals surface area (Å²) in [6.45, 7) is 0. The lowest BCUT2D eigenvalue weighted by atomic mass is 10.2. The number of benzene rings is 2. The highest BCUT2D eigenvalue weighted by Crippen LogP contribution is 2.29. The molecule has 0 spiro atoms. The average Bonchev–Trinajstić information content (AvgIpc) is 2.48. The third-order valence-corrected chi connectivity index (χ3v) is 2.63. The molecule has 0 heterocycles. The molecule has 0 aromatic heterocycles. The van der Waals surface area contributed by atoms with Gasteiger partial charge in [-0.25, -0.2) is 0 Å². The van der Waals surface area contributed by atoms with E-state index < -0.39 is 0 Å². The van der Waals surface area contributed by atoms with Crippen LogP contribution in [0.2, 0.25) is 0 Å². The van der Waals surface area contributed by atoms with Gasteiger partial charge in [-0.2, -0.15) is 5.26 Å². The molecular weight excluding hydrogens is 256 g/mol. The largest absolute Gasteiger partial charge is 0.497 e. The number of ether oxygens (including phenoxy) is 2. The van der Waals surface area contributed by atoms with Crippen molar-refractivity contribution in [2.24, 2.45) is 0 Å². The molecule has 0 bridgehead atoms. The summed E-state index contributed by atoms with van der Waals surface area (Å²) in [5.74, 6) is 1.28. The van der Waals surface area contributed by atoms with Gasteiger partial charge in [-0.15, -0.1) is 0 Å². The molecule has 0 aliphatic heterocycles. The molecule has 20 heavy (non-hydrogen) atoms. The predicted molar refractivity (Wildman–Crippen MR) is 74.0 cm³/mol. The van der Waals surface area contributed by atoms with E-state index in [0.29, 0.717) is 40.3 Å². The number of carbonyl (C=O) groups is 1. The van der Waals surface area contributed by atoms with Crippen LogP contribution in [0.4, 0.5) is 5.69 Å². The number of anilines is 1. The van der Waals surface area contributed by atoms with Gasteiger partial charge >= 0.3 is 0 Å². The lowest BCUT2D eigenvalue weighted by molar-refractivity contribution is 0.112. The SMILES string of the molecule is COc1cc(C=O)cc(Oc2ccc(N)cc2C#N)c1. The maximum absolute atomic E-state index is 10.9. The van der Waals surface area contributed by atoms with Gasteiger partial charge in [0.2, 0.25) is 0 Å². The van der Waals surface area contributed by atoms with E-state index in [1.807, 2.05) is 6.07 Å². The summed E-state index contributed by atoms with van der Waals surface area (Å²) < 4.78 is 10.7. The second kappa shape index (κ2) is 5.76. The summed E-state index contributed by atoms with van der Waals surface area (Å²) in [6.07, 6.45) is 0.698. The maximum Gasteiger partial charge on any atom is 0.150 e. The van der Waals surface area contributed by atoms with Crippen molar-refractivity contribution in [3.05, 3.63) is 47.5 Å². The molecule has 0 fully saturated rings. The first-order valence-corrected chi connectivity index (χ1v) is 5.78. The number of methoxy groups -OCH3 is 1. The zero-order valence-corrected chi connectivity index (χ0v) is 10.8. The maximum atomic E-state index is 10.9. The van der Waals surface area contributed by atoms with Gasteiger partial charge in [0.15, 0.2) is 0 Å². The van der Waals surface area contributed by atoms with E-state index in [2.05, 4.69) is 0 Å². The highest BCUT2D eigenvalue weighted by atomic mass is 16.5. The molecule has 0 amide bonds. The quantitative estimate of drug-likeness (QED) is 0.680. The van der Waals surface area contributed by atoms with E-state index in [0.717, 1.165) is 0 Å². The van der Waals surface area contributed by atoms with Crippen molar-refractivity contribution in [3.8, 4) is 23.3 Å². The lowest BCUT2D eigenvalue weighted by Gasteiger charge is -2.10. The van der Waals surface area contributed by atoms with Crippen LogP contribution >= 0.6 is 0 Å². The topological polar surface area (TPSA) is 85.3 Å². The minimum absolute atomic E-state index is 0.320.